The predicted molar refractivity (Wildman–Crippen MR) is 80.0 cm³/mol. The zero-order valence-corrected chi connectivity index (χ0v) is 13.1. The highest BCUT2D eigenvalue weighted by Crippen LogP contribution is 2.39. The molecule has 1 aromatic carbocycles. The Morgan fingerprint density at radius 2 is 1.81 bits per heavy atom. The second-order valence-corrected chi connectivity index (χ2v) is 4.89. The summed E-state index contributed by atoms with van der Waals surface area (Å²) in [5.41, 5.74) is 0.959. The molecule has 0 bridgehead atoms. The molecule has 0 spiro atoms. The second-order valence-electron chi connectivity index (χ2n) is 4.89. The van der Waals surface area contributed by atoms with E-state index in [1.54, 1.807) is 12.1 Å². The van der Waals surface area contributed by atoms with Crippen molar-refractivity contribution in [3.8, 4) is 17.2 Å². The van der Waals surface area contributed by atoms with E-state index in [9.17, 15) is 4.79 Å². The fourth-order valence-corrected chi connectivity index (χ4v) is 1.83. The van der Waals surface area contributed by atoms with Crippen LogP contribution in [0.15, 0.2) is 12.1 Å². The molecule has 0 amide bonds. The fraction of sp³-hybridized carbons (Fsp3) is 0.562. The third-order valence-corrected chi connectivity index (χ3v) is 3.36. The van der Waals surface area contributed by atoms with Crippen LogP contribution in [0, 0.1) is 5.92 Å². The summed E-state index contributed by atoms with van der Waals surface area (Å²) in [6.07, 6.45) is 2.05. The van der Waals surface area contributed by atoms with Gasteiger partial charge < -0.3 is 19.3 Å². The summed E-state index contributed by atoms with van der Waals surface area (Å²) in [7, 11) is 3.04. The van der Waals surface area contributed by atoms with Crippen LogP contribution in [0.1, 0.15) is 32.3 Å². The Hall–Kier alpha value is -1.75. The maximum atomic E-state index is 12.0. The van der Waals surface area contributed by atoms with Crippen LogP contribution < -0.4 is 14.2 Å². The number of aryl methyl sites for hydroxylation is 1. The van der Waals surface area contributed by atoms with Crippen molar-refractivity contribution in [1.29, 1.82) is 0 Å². The highest BCUT2D eigenvalue weighted by molar-refractivity contribution is 5.76. The molecule has 5 heteroatoms. The van der Waals surface area contributed by atoms with Gasteiger partial charge in [0, 0.05) is 6.61 Å². The third-order valence-electron chi connectivity index (χ3n) is 3.36. The number of ether oxygens (including phenoxy) is 3. The fourth-order valence-electron chi connectivity index (χ4n) is 1.83. The first-order valence-electron chi connectivity index (χ1n) is 7.14. The van der Waals surface area contributed by atoms with Crippen molar-refractivity contribution < 1.29 is 24.1 Å². The Kier molecular flexibility index (Phi) is 7.02. The van der Waals surface area contributed by atoms with E-state index in [-0.39, 0.29) is 18.5 Å². The van der Waals surface area contributed by atoms with Gasteiger partial charge in [0.2, 0.25) is 5.75 Å². The first-order valence-corrected chi connectivity index (χ1v) is 7.14. The lowest BCUT2D eigenvalue weighted by Gasteiger charge is -2.16. The number of aliphatic hydroxyl groups is 1. The number of methoxy groups -OCH3 is 2. The van der Waals surface area contributed by atoms with E-state index in [2.05, 4.69) is 0 Å². The minimum Gasteiger partial charge on any atom is -0.493 e. The van der Waals surface area contributed by atoms with Gasteiger partial charge in [0.15, 0.2) is 11.5 Å². The second kappa shape index (κ2) is 8.52. The minimum atomic E-state index is -0.308. The molecule has 0 aliphatic rings. The van der Waals surface area contributed by atoms with Crippen molar-refractivity contribution >= 4 is 5.97 Å². The molecule has 5 nitrogen and oxygen atoms in total. The Bertz CT molecular complexity index is 445. The van der Waals surface area contributed by atoms with Crippen LogP contribution in [0.4, 0.5) is 0 Å². The lowest BCUT2D eigenvalue weighted by molar-refractivity contribution is -0.138. The number of benzene rings is 1. The van der Waals surface area contributed by atoms with Crippen molar-refractivity contribution in [2.24, 2.45) is 5.92 Å². The molecular formula is C16H24O5. The quantitative estimate of drug-likeness (QED) is 0.590. The van der Waals surface area contributed by atoms with Gasteiger partial charge in [-0.15, -0.1) is 0 Å². The van der Waals surface area contributed by atoms with Gasteiger partial charge in [-0.25, -0.2) is 0 Å². The van der Waals surface area contributed by atoms with E-state index in [0.29, 0.717) is 36.5 Å². The zero-order chi connectivity index (χ0) is 15.8. The van der Waals surface area contributed by atoms with Crippen LogP contribution >= 0.6 is 0 Å². The third kappa shape index (κ3) is 4.63. The Morgan fingerprint density at radius 1 is 1.24 bits per heavy atom. The van der Waals surface area contributed by atoms with Crippen LogP contribution in [0.2, 0.25) is 0 Å². The van der Waals surface area contributed by atoms with E-state index in [1.165, 1.54) is 14.2 Å². The molecule has 1 N–H and O–H groups in total. The molecule has 0 aromatic heterocycles. The number of hydrogen-bond donors (Lipinski definition) is 1. The van der Waals surface area contributed by atoms with Gasteiger partial charge in [-0.3, -0.25) is 4.79 Å². The molecule has 0 heterocycles. The average Bonchev–Trinajstić information content (AvgIpc) is 2.52. The smallest absolute Gasteiger partial charge is 0.314 e. The van der Waals surface area contributed by atoms with Gasteiger partial charge in [-0.05, 0) is 37.0 Å². The Labute approximate surface area is 125 Å². The molecular weight excluding hydrogens is 272 g/mol. The molecule has 0 aliphatic heterocycles. The normalized spacial score (nSPS) is 11.9. The summed E-state index contributed by atoms with van der Waals surface area (Å²) < 4.78 is 16.0. The number of rotatable bonds is 8. The maximum absolute atomic E-state index is 12.0. The lowest BCUT2D eigenvalue weighted by atomic mass is 10.1. The van der Waals surface area contributed by atoms with E-state index in [1.807, 2.05) is 13.8 Å². The Balaban J connectivity index is 3.08. The molecule has 1 unspecified atom stereocenters. The van der Waals surface area contributed by atoms with Crippen LogP contribution in [0.3, 0.4) is 0 Å². The monoisotopic (exact) mass is 296 g/mol. The first-order chi connectivity index (χ1) is 10.1. The first kappa shape index (κ1) is 17.3. The molecule has 0 saturated carbocycles. The number of aliphatic hydroxyl groups excluding tert-OH is 1. The molecule has 118 valence electrons. The molecule has 21 heavy (non-hydrogen) atoms. The molecule has 1 rings (SSSR count). The summed E-state index contributed by atoms with van der Waals surface area (Å²) in [6.45, 7) is 3.87. The lowest BCUT2D eigenvalue weighted by Crippen LogP contribution is -2.17. The molecule has 0 fully saturated rings. The van der Waals surface area contributed by atoms with Crippen LogP contribution in [-0.4, -0.2) is 31.9 Å². The highest BCUT2D eigenvalue weighted by atomic mass is 16.6. The highest BCUT2D eigenvalue weighted by Gasteiger charge is 2.20. The minimum absolute atomic E-state index is 0.120. The molecule has 1 aromatic rings. The largest absolute Gasteiger partial charge is 0.493 e. The van der Waals surface area contributed by atoms with E-state index in [4.69, 9.17) is 19.3 Å². The van der Waals surface area contributed by atoms with Crippen LogP contribution in [0.25, 0.3) is 0 Å². The molecule has 1 atom stereocenters. The van der Waals surface area contributed by atoms with Gasteiger partial charge in [0.05, 0.1) is 20.1 Å². The van der Waals surface area contributed by atoms with Gasteiger partial charge in [0.1, 0.15) is 0 Å². The van der Waals surface area contributed by atoms with Gasteiger partial charge in [-0.1, -0.05) is 13.8 Å². The maximum Gasteiger partial charge on any atom is 0.314 e. The van der Waals surface area contributed by atoms with E-state index < -0.39 is 0 Å². The van der Waals surface area contributed by atoms with Crippen molar-refractivity contribution in [1.82, 2.24) is 0 Å². The summed E-state index contributed by atoms with van der Waals surface area (Å²) in [6, 6.07) is 3.61. The summed E-state index contributed by atoms with van der Waals surface area (Å²) in [5, 5.41) is 8.91. The van der Waals surface area contributed by atoms with Crippen LogP contribution in [0.5, 0.6) is 17.2 Å². The molecule has 0 radical (unpaired) electrons. The number of esters is 1. The Morgan fingerprint density at radius 3 is 2.24 bits per heavy atom. The number of hydrogen-bond acceptors (Lipinski definition) is 5. The average molecular weight is 296 g/mol. The van der Waals surface area contributed by atoms with Gasteiger partial charge >= 0.3 is 5.97 Å². The summed E-state index contributed by atoms with van der Waals surface area (Å²) in [4.78, 5) is 12.0. The van der Waals surface area contributed by atoms with Crippen molar-refractivity contribution in [2.45, 2.75) is 33.1 Å². The summed E-state index contributed by atoms with van der Waals surface area (Å²) in [5.74, 6) is 0.724. The zero-order valence-electron chi connectivity index (χ0n) is 13.1. The molecule has 0 aliphatic carbocycles. The van der Waals surface area contributed by atoms with Gasteiger partial charge in [-0.2, -0.15) is 0 Å². The SMILES string of the molecule is CCC(C)C(=O)Oc1c(OC)cc(CCCO)cc1OC. The number of carbonyl (C=O) groups excluding carboxylic acids is 1. The van der Waals surface area contributed by atoms with Gasteiger partial charge in [0.25, 0.3) is 0 Å². The number of carbonyl (C=O) groups is 1. The van der Waals surface area contributed by atoms with E-state index in [0.717, 1.165) is 5.56 Å². The van der Waals surface area contributed by atoms with Crippen molar-refractivity contribution in [3.63, 3.8) is 0 Å². The van der Waals surface area contributed by atoms with Crippen molar-refractivity contribution in [2.75, 3.05) is 20.8 Å². The van der Waals surface area contributed by atoms with Crippen molar-refractivity contribution in [3.05, 3.63) is 17.7 Å². The molecule has 0 saturated heterocycles. The van der Waals surface area contributed by atoms with E-state index >= 15 is 0 Å². The summed E-state index contributed by atoms with van der Waals surface area (Å²) >= 11 is 0. The predicted octanol–water partition coefficient (Wildman–Crippen LogP) is 2.58. The topological polar surface area (TPSA) is 65.0 Å². The standard InChI is InChI=1S/C16H24O5/c1-5-11(2)16(18)21-15-13(19-3)9-12(7-6-8-17)10-14(15)20-4/h9-11,17H,5-8H2,1-4H3. The van der Waals surface area contributed by atoms with Crippen LogP contribution in [-0.2, 0) is 11.2 Å².